The highest BCUT2D eigenvalue weighted by Crippen LogP contribution is 2.34. The molecule has 2 heterocycles. The third kappa shape index (κ3) is 4.52. The van der Waals surface area contributed by atoms with Crippen molar-refractivity contribution in [2.75, 3.05) is 11.9 Å². The minimum Gasteiger partial charge on any atom is -0.310 e. The molecule has 4 nitrogen and oxygen atoms in total. The van der Waals surface area contributed by atoms with Crippen LogP contribution in [-0.2, 0) is 23.9 Å². The van der Waals surface area contributed by atoms with Crippen molar-refractivity contribution in [3.8, 4) is 0 Å². The van der Waals surface area contributed by atoms with Gasteiger partial charge in [0.25, 0.3) is 0 Å². The largest absolute Gasteiger partial charge is 0.416 e. The van der Waals surface area contributed by atoms with Gasteiger partial charge < -0.3 is 5.32 Å². The lowest BCUT2D eigenvalue weighted by Gasteiger charge is -2.34. The number of carbonyl (C=O) groups excluding carboxylic acids is 1. The molecule has 1 aliphatic rings. The van der Waals surface area contributed by atoms with E-state index in [2.05, 4.69) is 22.1 Å². The van der Waals surface area contributed by atoms with Crippen LogP contribution in [0.15, 0.2) is 36.5 Å². The molecule has 1 amide bonds. The SMILES string of the molecule is CC(C)C(=O)Nc1cc(C(C)N2CCc3cc(C(F)(F)F)ccc3C2)ccn1. The molecule has 0 fully saturated rings. The molecule has 2 aromatic rings. The minimum atomic E-state index is -4.31. The number of carbonyl (C=O) groups is 1. The highest BCUT2D eigenvalue weighted by Gasteiger charge is 2.32. The van der Waals surface area contributed by atoms with Crippen molar-refractivity contribution in [2.45, 2.75) is 46.0 Å². The highest BCUT2D eigenvalue weighted by molar-refractivity contribution is 5.91. The van der Waals surface area contributed by atoms with E-state index >= 15 is 0 Å². The zero-order chi connectivity index (χ0) is 20.5. The summed E-state index contributed by atoms with van der Waals surface area (Å²) < 4.78 is 38.7. The number of hydrogen-bond donors (Lipinski definition) is 1. The molecule has 150 valence electrons. The molecule has 1 aromatic heterocycles. The maximum Gasteiger partial charge on any atom is 0.416 e. The van der Waals surface area contributed by atoms with Crippen LogP contribution in [0.25, 0.3) is 0 Å². The normalized spacial score (nSPS) is 16.0. The molecule has 0 bridgehead atoms. The molecular formula is C21H24F3N3O. The van der Waals surface area contributed by atoms with E-state index in [4.69, 9.17) is 0 Å². The summed E-state index contributed by atoms with van der Waals surface area (Å²) in [6.45, 7) is 6.95. The Bertz CT molecular complexity index is 864. The highest BCUT2D eigenvalue weighted by atomic mass is 19.4. The summed E-state index contributed by atoms with van der Waals surface area (Å²) in [5, 5.41) is 2.80. The third-order valence-electron chi connectivity index (χ3n) is 5.17. The summed E-state index contributed by atoms with van der Waals surface area (Å²) in [6.07, 6.45) is -2.08. The van der Waals surface area contributed by atoms with Crippen molar-refractivity contribution < 1.29 is 18.0 Å². The third-order valence-corrected chi connectivity index (χ3v) is 5.17. The van der Waals surface area contributed by atoms with Crippen molar-refractivity contribution in [3.05, 3.63) is 58.8 Å². The van der Waals surface area contributed by atoms with Gasteiger partial charge in [-0.1, -0.05) is 19.9 Å². The first-order valence-corrected chi connectivity index (χ1v) is 9.35. The number of aromatic nitrogens is 1. The Morgan fingerprint density at radius 3 is 2.57 bits per heavy atom. The van der Waals surface area contributed by atoms with Gasteiger partial charge in [-0.25, -0.2) is 4.98 Å². The van der Waals surface area contributed by atoms with E-state index in [1.54, 1.807) is 12.3 Å². The molecule has 0 radical (unpaired) electrons. The predicted molar refractivity (Wildman–Crippen MR) is 102 cm³/mol. The summed E-state index contributed by atoms with van der Waals surface area (Å²) >= 11 is 0. The van der Waals surface area contributed by atoms with E-state index in [-0.39, 0.29) is 17.9 Å². The van der Waals surface area contributed by atoms with Crippen molar-refractivity contribution in [1.82, 2.24) is 9.88 Å². The quantitative estimate of drug-likeness (QED) is 0.813. The van der Waals surface area contributed by atoms with E-state index < -0.39 is 11.7 Å². The zero-order valence-electron chi connectivity index (χ0n) is 16.2. The van der Waals surface area contributed by atoms with E-state index in [0.29, 0.717) is 25.3 Å². The van der Waals surface area contributed by atoms with E-state index in [1.165, 1.54) is 6.07 Å². The number of benzene rings is 1. The van der Waals surface area contributed by atoms with Gasteiger partial charge in [-0.3, -0.25) is 9.69 Å². The Kier molecular flexibility index (Phi) is 5.74. The first-order chi connectivity index (χ1) is 13.1. The molecule has 1 aliphatic heterocycles. The number of rotatable bonds is 4. The number of halogens is 3. The van der Waals surface area contributed by atoms with Gasteiger partial charge in [0.05, 0.1) is 5.56 Å². The topological polar surface area (TPSA) is 45.2 Å². The summed E-state index contributed by atoms with van der Waals surface area (Å²) in [4.78, 5) is 18.3. The monoisotopic (exact) mass is 391 g/mol. The Morgan fingerprint density at radius 2 is 1.89 bits per heavy atom. The zero-order valence-corrected chi connectivity index (χ0v) is 16.2. The second-order valence-electron chi connectivity index (χ2n) is 7.50. The van der Waals surface area contributed by atoms with Crippen molar-refractivity contribution in [1.29, 1.82) is 0 Å². The number of alkyl halides is 3. The number of amides is 1. The van der Waals surface area contributed by atoms with Gasteiger partial charge in [0, 0.05) is 31.2 Å². The summed E-state index contributed by atoms with van der Waals surface area (Å²) in [7, 11) is 0. The van der Waals surface area contributed by atoms with Crippen LogP contribution in [-0.4, -0.2) is 22.3 Å². The fraction of sp³-hybridized carbons (Fsp3) is 0.429. The molecular weight excluding hydrogens is 367 g/mol. The van der Waals surface area contributed by atoms with Crippen LogP contribution < -0.4 is 5.32 Å². The standard InChI is InChI=1S/C21H24F3N3O/c1-13(2)20(28)26-19-11-15(6-8-25-19)14(3)27-9-7-16-10-18(21(22,23)24)5-4-17(16)12-27/h4-6,8,10-11,13-14H,7,9,12H2,1-3H3,(H,25,26,28). The molecule has 1 aromatic carbocycles. The Hall–Kier alpha value is -2.41. The Morgan fingerprint density at radius 1 is 1.14 bits per heavy atom. The van der Waals surface area contributed by atoms with Gasteiger partial charge >= 0.3 is 6.18 Å². The van der Waals surface area contributed by atoms with Gasteiger partial charge in [-0.05, 0) is 54.3 Å². The van der Waals surface area contributed by atoms with Crippen LogP contribution in [0.4, 0.5) is 19.0 Å². The smallest absolute Gasteiger partial charge is 0.310 e. The number of nitrogens with zero attached hydrogens (tertiary/aromatic N) is 2. The maximum atomic E-state index is 12.9. The molecule has 0 aliphatic carbocycles. The summed E-state index contributed by atoms with van der Waals surface area (Å²) in [6, 6.07) is 7.80. The van der Waals surface area contributed by atoms with E-state index in [0.717, 1.165) is 22.8 Å². The molecule has 1 N–H and O–H groups in total. The van der Waals surface area contributed by atoms with Crippen molar-refractivity contribution in [3.63, 3.8) is 0 Å². The predicted octanol–water partition coefficient (Wildman–Crippen LogP) is 4.81. The first kappa shape index (κ1) is 20.3. The molecule has 3 rings (SSSR count). The molecule has 0 spiro atoms. The number of hydrogen-bond acceptors (Lipinski definition) is 3. The maximum absolute atomic E-state index is 12.9. The fourth-order valence-electron chi connectivity index (χ4n) is 3.34. The van der Waals surface area contributed by atoms with Crippen LogP contribution in [0.3, 0.4) is 0 Å². The minimum absolute atomic E-state index is 0.0492. The van der Waals surface area contributed by atoms with Crippen LogP contribution in [0.5, 0.6) is 0 Å². The van der Waals surface area contributed by atoms with Crippen molar-refractivity contribution >= 4 is 11.7 Å². The second-order valence-corrected chi connectivity index (χ2v) is 7.50. The molecule has 28 heavy (non-hydrogen) atoms. The van der Waals surface area contributed by atoms with Crippen LogP contribution in [0.2, 0.25) is 0 Å². The summed E-state index contributed by atoms with van der Waals surface area (Å²) in [5.41, 5.74) is 2.10. The van der Waals surface area contributed by atoms with Gasteiger partial charge in [0.1, 0.15) is 5.82 Å². The van der Waals surface area contributed by atoms with Gasteiger partial charge in [-0.2, -0.15) is 13.2 Å². The number of nitrogens with one attached hydrogen (secondary N) is 1. The Balaban J connectivity index is 1.74. The summed E-state index contributed by atoms with van der Waals surface area (Å²) in [5.74, 6) is 0.281. The molecule has 1 atom stereocenters. The van der Waals surface area contributed by atoms with E-state index in [1.807, 2.05) is 26.0 Å². The molecule has 7 heteroatoms. The van der Waals surface area contributed by atoms with E-state index in [9.17, 15) is 18.0 Å². The lowest BCUT2D eigenvalue weighted by Crippen LogP contribution is -2.33. The van der Waals surface area contributed by atoms with Gasteiger partial charge in [0.2, 0.25) is 5.91 Å². The second kappa shape index (κ2) is 7.91. The lowest BCUT2D eigenvalue weighted by molar-refractivity contribution is -0.137. The number of anilines is 1. The van der Waals surface area contributed by atoms with Crippen LogP contribution in [0.1, 0.15) is 49.1 Å². The Labute approximate surface area is 162 Å². The van der Waals surface area contributed by atoms with Crippen molar-refractivity contribution in [2.24, 2.45) is 5.92 Å². The lowest BCUT2D eigenvalue weighted by atomic mass is 9.95. The average Bonchev–Trinajstić information content (AvgIpc) is 2.66. The fourth-order valence-corrected chi connectivity index (χ4v) is 3.34. The molecule has 0 saturated heterocycles. The van der Waals surface area contributed by atoms with Gasteiger partial charge in [0.15, 0.2) is 0 Å². The average molecular weight is 391 g/mol. The van der Waals surface area contributed by atoms with Gasteiger partial charge in [-0.15, -0.1) is 0 Å². The number of fused-ring (bicyclic) bond motifs is 1. The van der Waals surface area contributed by atoms with Crippen LogP contribution in [0, 0.1) is 5.92 Å². The number of pyridine rings is 1. The van der Waals surface area contributed by atoms with Crippen LogP contribution >= 0.6 is 0 Å². The first-order valence-electron chi connectivity index (χ1n) is 9.35. The molecule has 1 unspecified atom stereocenters. The molecule has 0 saturated carbocycles.